The van der Waals surface area contributed by atoms with Crippen molar-refractivity contribution in [1.29, 1.82) is 0 Å². The molecule has 8 heteroatoms. The van der Waals surface area contributed by atoms with E-state index in [0.717, 1.165) is 18.2 Å². The molecule has 7 nitrogen and oxygen atoms in total. The van der Waals surface area contributed by atoms with Crippen LogP contribution in [0, 0.1) is 0 Å². The van der Waals surface area contributed by atoms with E-state index in [9.17, 15) is 9.59 Å². The van der Waals surface area contributed by atoms with Crippen molar-refractivity contribution in [3.05, 3.63) is 64.8 Å². The van der Waals surface area contributed by atoms with Crippen LogP contribution >= 0.6 is 11.6 Å². The van der Waals surface area contributed by atoms with Crippen LogP contribution in [0.3, 0.4) is 0 Å². The number of aryl methyl sites for hydroxylation is 1. The number of ether oxygens (including phenoxy) is 1. The minimum Gasteiger partial charge on any atom is -0.444 e. The van der Waals surface area contributed by atoms with Gasteiger partial charge in [-0.3, -0.25) is 4.79 Å². The predicted molar refractivity (Wildman–Crippen MR) is 133 cm³/mol. The summed E-state index contributed by atoms with van der Waals surface area (Å²) in [4.78, 5) is 25.5. The van der Waals surface area contributed by atoms with Gasteiger partial charge in [-0.25, -0.2) is 4.79 Å². The van der Waals surface area contributed by atoms with Crippen molar-refractivity contribution in [3.63, 3.8) is 0 Å². The van der Waals surface area contributed by atoms with E-state index in [-0.39, 0.29) is 5.91 Å². The van der Waals surface area contributed by atoms with Gasteiger partial charge in [0.25, 0.3) is 0 Å². The Morgan fingerprint density at radius 3 is 2.47 bits per heavy atom. The summed E-state index contributed by atoms with van der Waals surface area (Å²) in [6, 6.07) is 15.0. The van der Waals surface area contributed by atoms with E-state index in [4.69, 9.17) is 20.9 Å². The number of carbonyl (C=O) groups is 2. The molecule has 0 aliphatic carbocycles. The molecule has 2 N–H and O–H groups in total. The third-order valence-corrected chi connectivity index (χ3v) is 5.51. The topological polar surface area (TPSA) is 93.5 Å². The average molecular weight is 486 g/mol. The number of hydrogen-bond acceptors (Lipinski definition) is 5. The third-order valence-electron chi connectivity index (χ3n) is 5.28. The Morgan fingerprint density at radius 2 is 1.79 bits per heavy atom. The van der Waals surface area contributed by atoms with Crippen molar-refractivity contribution in [2.45, 2.75) is 71.1 Å². The lowest BCUT2D eigenvalue weighted by molar-refractivity contribution is -0.127. The van der Waals surface area contributed by atoms with Crippen LogP contribution < -0.4 is 10.6 Å². The van der Waals surface area contributed by atoms with E-state index in [2.05, 4.69) is 27.9 Å². The molecule has 0 bridgehead atoms. The molecule has 182 valence electrons. The van der Waals surface area contributed by atoms with Crippen LogP contribution in [0.1, 0.15) is 64.8 Å². The van der Waals surface area contributed by atoms with Gasteiger partial charge in [-0.05, 0) is 77.6 Å². The first-order chi connectivity index (χ1) is 15.9. The van der Waals surface area contributed by atoms with Gasteiger partial charge in [-0.15, -0.1) is 0 Å². The summed E-state index contributed by atoms with van der Waals surface area (Å²) in [6.45, 7) is 8.56. The maximum atomic E-state index is 13.2. The van der Waals surface area contributed by atoms with Gasteiger partial charge >= 0.3 is 6.09 Å². The van der Waals surface area contributed by atoms with E-state index >= 15 is 0 Å². The van der Waals surface area contributed by atoms with Gasteiger partial charge in [0.1, 0.15) is 16.8 Å². The number of amides is 2. The minimum absolute atomic E-state index is 0.360. The molecule has 1 aromatic heterocycles. The molecule has 0 saturated carbocycles. The standard InChI is InChI=1S/C26H32ClN3O4/c1-25(2,3)33-24(32)29-26(4,5)23(31)28-20(13-9-12-17-10-7-6-8-11-17)22-19-16-18(27)14-15-21(19)34-30-22/h6-8,10-11,14-16,20H,9,12-13H2,1-5H3,(H,28,31)(H,29,32)/t20-/m1/s1. The molecule has 0 spiro atoms. The Bertz CT molecular complexity index is 1140. The zero-order chi connectivity index (χ0) is 24.9. The second-order valence-electron chi connectivity index (χ2n) is 9.86. The summed E-state index contributed by atoms with van der Waals surface area (Å²) < 4.78 is 10.8. The summed E-state index contributed by atoms with van der Waals surface area (Å²) in [5, 5.41) is 11.3. The molecule has 0 aliphatic heterocycles. The molecular weight excluding hydrogens is 454 g/mol. The zero-order valence-corrected chi connectivity index (χ0v) is 21.0. The lowest BCUT2D eigenvalue weighted by Gasteiger charge is -2.29. The summed E-state index contributed by atoms with van der Waals surface area (Å²) in [6.07, 6.45) is 1.62. The summed E-state index contributed by atoms with van der Waals surface area (Å²) in [7, 11) is 0. The molecule has 3 aromatic rings. The fourth-order valence-corrected chi connectivity index (χ4v) is 3.74. The zero-order valence-electron chi connectivity index (χ0n) is 20.3. The minimum atomic E-state index is -1.21. The molecule has 0 aliphatic rings. The quantitative estimate of drug-likeness (QED) is 0.410. The van der Waals surface area contributed by atoms with Gasteiger partial charge < -0.3 is 19.9 Å². The first kappa shape index (κ1) is 25.6. The van der Waals surface area contributed by atoms with Crippen LogP contribution in [0.4, 0.5) is 4.79 Å². The maximum Gasteiger partial charge on any atom is 0.408 e. The van der Waals surface area contributed by atoms with E-state index in [0.29, 0.717) is 22.7 Å². The van der Waals surface area contributed by atoms with Gasteiger partial charge in [0, 0.05) is 10.4 Å². The lowest BCUT2D eigenvalue weighted by Crippen LogP contribution is -2.56. The average Bonchev–Trinajstić information content (AvgIpc) is 3.14. The van der Waals surface area contributed by atoms with Crippen molar-refractivity contribution in [2.24, 2.45) is 0 Å². The second kappa shape index (κ2) is 10.5. The van der Waals surface area contributed by atoms with Crippen molar-refractivity contribution >= 4 is 34.6 Å². The first-order valence-electron chi connectivity index (χ1n) is 11.4. The van der Waals surface area contributed by atoms with E-state index in [1.54, 1.807) is 52.8 Å². The third kappa shape index (κ3) is 6.97. The normalized spacial score (nSPS) is 12.9. The molecule has 0 radical (unpaired) electrons. The highest BCUT2D eigenvalue weighted by molar-refractivity contribution is 6.31. The summed E-state index contributed by atoms with van der Waals surface area (Å²) in [5.41, 5.74) is 0.527. The molecule has 1 heterocycles. The highest BCUT2D eigenvalue weighted by Gasteiger charge is 2.34. The number of carbonyl (C=O) groups excluding carboxylic acids is 2. The Balaban J connectivity index is 1.79. The maximum absolute atomic E-state index is 13.2. The molecule has 0 fully saturated rings. The van der Waals surface area contributed by atoms with Crippen LogP contribution in [0.15, 0.2) is 53.1 Å². The molecule has 0 unspecified atom stereocenters. The molecule has 0 saturated heterocycles. The Morgan fingerprint density at radius 1 is 1.09 bits per heavy atom. The van der Waals surface area contributed by atoms with Gasteiger partial charge in [-0.1, -0.05) is 47.1 Å². The number of nitrogens with one attached hydrogen (secondary N) is 2. The Kier molecular flexibility index (Phi) is 7.87. The summed E-state index contributed by atoms with van der Waals surface area (Å²) in [5.74, 6) is -0.360. The monoisotopic (exact) mass is 485 g/mol. The van der Waals surface area contributed by atoms with Crippen LogP contribution in [-0.4, -0.2) is 28.3 Å². The highest BCUT2D eigenvalue weighted by atomic mass is 35.5. The largest absolute Gasteiger partial charge is 0.444 e. The van der Waals surface area contributed by atoms with Gasteiger partial charge in [0.2, 0.25) is 5.91 Å². The SMILES string of the molecule is CC(C)(C)OC(=O)NC(C)(C)C(=O)N[C@H](CCCc1ccccc1)c1noc2ccc(Cl)cc12. The van der Waals surface area contributed by atoms with Gasteiger partial charge in [0.15, 0.2) is 5.58 Å². The van der Waals surface area contributed by atoms with Gasteiger partial charge in [0.05, 0.1) is 6.04 Å². The predicted octanol–water partition coefficient (Wildman–Crippen LogP) is 5.96. The van der Waals surface area contributed by atoms with Crippen molar-refractivity contribution in [3.8, 4) is 0 Å². The number of aromatic nitrogens is 1. The number of benzene rings is 2. The first-order valence-corrected chi connectivity index (χ1v) is 11.7. The van der Waals surface area contributed by atoms with Crippen LogP contribution in [0.25, 0.3) is 11.0 Å². The lowest BCUT2D eigenvalue weighted by atomic mass is 9.98. The van der Waals surface area contributed by atoms with Crippen molar-refractivity contribution in [1.82, 2.24) is 15.8 Å². The molecule has 1 atom stereocenters. The molecule has 34 heavy (non-hydrogen) atoms. The van der Waals surface area contributed by atoms with E-state index < -0.39 is 23.3 Å². The highest BCUT2D eigenvalue weighted by Crippen LogP contribution is 2.29. The smallest absolute Gasteiger partial charge is 0.408 e. The number of nitrogens with zero attached hydrogens (tertiary/aromatic N) is 1. The molecular formula is C26H32ClN3O4. The van der Waals surface area contributed by atoms with E-state index in [1.165, 1.54) is 5.56 Å². The number of fused-ring (bicyclic) bond motifs is 1. The molecule has 2 amide bonds. The number of halogens is 1. The van der Waals surface area contributed by atoms with Crippen LogP contribution in [0.5, 0.6) is 0 Å². The molecule has 3 rings (SSSR count). The van der Waals surface area contributed by atoms with Crippen molar-refractivity contribution in [2.75, 3.05) is 0 Å². The number of hydrogen-bond donors (Lipinski definition) is 2. The van der Waals surface area contributed by atoms with Crippen molar-refractivity contribution < 1.29 is 18.8 Å². The van der Waals surface area contributed by atoms with Crippen LogP contribution in [-0.2, 0) is 16.0 Å². The fourth-order valence-electron chi connectivity index (χ4n) is 3.57. The fraction of sp³-hybridized carbons (Fsp3) is 0.423. The van der Waals surface area contributed by atoms with Gasteiger partial charge in [-0.2, -0.15) is 0 Å². The second-order valence-corrected chi connectivity index (χ2v) is 10.3. The molecule has 2 aromatic carbocycles. The Hall–Kier alpha value is -3.06. The van der Waals surface area contributed by atoms with Crippen LogP contribution in [0.2, 0.25) is 5.02 Å². The number of rotatable bonds is 8. The summed E-state index contributed by atoms with van der Waals surface area (Å²) >= 11 is 6.21. The Labute approximate surface area is 205 Å². The van der Waals surface area contributed by atoms with E-state index in [1.807, 2.05) is 18.2 Å². The number of alkyl carbamates (subject to hydrolysis) is 1.